The molecule has 0 spiro atoms. The van der Waals surface area contributed by atoms with Crippen molar-refractivity contribution in [2.45, 2.75) is 39.2 Å². The zero-order valence-electron chi connectivity index (χ0n) is 13.9. The number of aliphatic carboxylic acids is 1. The molecule has 2 N–H and O–H groups in total. The van der Waals surface area contributed by atoms with Gasteiger partial charge < -0.3 is 14.8 Å². The van der Waals surface area contributed by atoms with Crippen molar-refractivity contribution < 1.29 is 19.1 Å². The predicted octanol–water partition coefficient (Wildman–Crippen LogP) is 2.89. The number of benzene rings is 1. The number of aromatic nitrogens is 1. The molecule has 6 heteroatoms. The van der Waals surface area contributed by atoms with Gasteiger partial charge in [0.2, 0.25) is 5.91 Å². The average Bonchev–Trinajstić information content (AvgIpc) is 3.03. The summed E-state index contributed by atoms with van der Waals surface area (Å²) in [5.41, 5.74) is 0.963. The highest BCUT2D eigenvalue weighted by Crippen LogP contribution is 2.20. The molecule has 0 aliphatic heterocycles. The number of carbonyl (C=O) groups is 2. The number of amides is 1. The van der Waals surface area contributed by atoms with E-state index in [1.807, 2.05) is 30.3 Å². The molecule has 0 radical (unpaired) electrons. The standard InChI is InChI=1S/C18H22N2O4/c1-12(18(22)23)13(2)20-16(21)9-6-10-17-19-11-15(24-17)14-7-4-3-5-8-14/h3-5,7-8,11-13H,6,9-10H2,1-2H3,(H,20,21)(H,22,23). The molecule has 128 valence electrons. The third-order valence-electron chi connectivity index (χ3n) is 3.93. The molecule has 0 bridgehead atoms. The summed E-state index contributed by atoms with van der Waals surface area (Å²) in [6, 6.07) is 9.29. The van der Waals surface area contributed by atoms with Crippen molar-refractivity contribution in [1.29, 1.82) is 0 Å². The van der Waals surface area contributed by atoms with Crippen LogP contribution in [0.5, 0.6) is 0 Å². The number of carbonyl (C=O) groups excluding carboxylic acids is 1. The second kappa shape index (κ2) is 8.29. The fourth-order valence-electron chi connectivity index (χ4n) is 2.23. The lowest BCUT2D eigenvalue weighted by atomic mass is 10.0. The van der Waals surface area contributed by atoms with Gasteiger partial charge in [0, 0.05) is 24.4 Å². The minimum Gasteiger partial charge on any atom is -0.481 e. The fourth-order valence-corrected chi connectivity index (χ4v) is 2.23. The van der Waals surface area contributed by atoms with Crippen molar-refractivity contribution in [3.05, 3.63) is 42.4 Å². The van der Waals surface area contributed by atoms with Gasteiger partial charge in [-0.05, 0) is 20.3 Å². The van der Waals surface area contributed by atoms with E-state index in [9.17, 15) is 9.59 Å². The first-order chi connectivity index (χ1) is 11.5. The number of carboxylic acid groups (broad SMARTS) is 1. The normalized spacial score (nSPS) is 13.2. The Hall–Kier alpha value is -2.63. The molecule has 2 rings (SSSR count). The van der Waals surface area contributed by atoms with E-state index in [4.69, 9.17) is 9.52 Å². The van der Waals surface area contributed by atoms with E-state index in [0.29, 0.717) is 30.9 Å². The highest BCUT2D eigenvalue weighted by molar-refractivity contribution is 5.77. The lowest BCUT2D eigenvalue weighted by Crippen LogP contribution is -2.39. The fraction of sp³-hybridized carbons (Fsp3) is 0.389. The summed E-state index contributed by atoms with van der Waals surface area (Å²) in [4.78, 5) is 26.9. The zero-order valence-corrected chi connectivity index (χ0v) is 13.9. The molecule has 2 unspecified atom stereocenters. The summed E-state index contributed by atoms with van der Waals surface area (Å²) in [5.74, 6) is -0.400. The van der Waals surface area contributed by atoms with Crippen LogP contribution in [0.4, 0.5) is 0 Å². The summed E-state index contributed by atoms with van der Waals surface area (Å²) in [6.45, 7) is 3.27. The van der Waals surface area contributed by atoms with Crippen molar-refractivity contribution in [1.82, 2.24) is 10.3 Å². The molecule has 0 aliphatic rings. The van der Waals surface area contributed by atoms with Crippen molar-refractivity contribution in [2.24, 2.45) is 5.92 Å². The highest BCUT2D eigenvalue weighted by atomic mass is 16.4. The molecule has 0 saturated carbocycles. The monoisotopic (exact) mass is 330 g/mol. The number of oxazole rings is 1. The SMILES string of the molecule is CC(NC(=O)CCCc1ncc(-c2ccccc2)o1)C(C)C(=O)O. The molecule has 0 aliphatic carbocycles. The summed E-state index contributed by atoms with van der Waals surface area (Å²) < 4.78 is 5.68. The van der Waals surface area contributed by atoms with E-state index < -0.39 is 17.9 Å². The summed E-state index contributed by atoms with van der Waals surface area (Å²) in [6.07, 6.45) is 3.14. The average molecular weight is 330 g/mol. The maximum atomic E-state index is 11.8. The Kier molecular flexibility index (Phi) is 6.12. The van der Waals surface area contributed by atoms with Crippen LogP contribution in [0.3, 0.4) is 0 Å². The Morgan fingerprint density at radius 1 is 1.25 bits per heavy atom. The minimum atomic E-state index is -0.920. The molecule has 0 saturated heterocycles. The molecular formula is C18H22N2O4. The van der Waals surface area contributed by atoms with Gasteiger partial charge in [0.25, 0.3) is 0 Å². The molecule has 1 aromatic carbocycles. The second-order valence-electron chi connectivity index (χ2n) is 5.82. The van der Waals surface area contributed by atoms with E-state index in [0.717, 1.165) is 5.56 Å². The van der Waals surface area contributed by atoms with Crippen LogP contribution in [-0.4, -0.2) is 28.0 Å². The number of hydrogen-bond donors (Lipinski definition) is 2. The Balaban J connectivity index is 1.77. The van der Waals surface area contributed by atoms with Crippen LogP contribution in [0.2, 0.25) is 0 Å². The summed E-state index contributed by atoms with van der Waals surface area (Å²) in [5, 5.41) is 11.6. The molecule has 2 atom stereocenters. The third kappa shape index (κ3) is 4.94. The van der Waals surface area contributed by atoms with Crippen LogP contribution in [0, 0.1) is 5.92 Å². The quantitative estimate of drug-likeness (QED) is 0.776. The van der Waals surface area contributed by atoms with Crippen LogP contribution in [-0.2, 0) is 16.0 Å². The van der Waals surface area contributed by atoms with Gasteiger partial charge >= 0.3 is 5.97 Å². The van der Waals surface area contributed by atoms with Crippen LogP contribution in [0.1, 0.15) is 32.6 Å². The number of hydrogen-bond acceptors (Lipinski definition) is 4. The van der Waals surface area contributed by atoms with Crippen LogP contribution in [0.15, 0.2) is 40.9 Å². The molecule has 0 fully saturated rings. The van der Waals surface area contributed by atoms with Crippen LogP contribution >= 0.6 is 0 Å². The zero-order chi connectivity index (χ0) is 17.5. The Morgan fingerprint density at radius 2 is 1.96 bits per heavy atom. The minimum absolute atomic E-state index is 0.162. The molecular weight excluding hydrogens is 308 g/mol. The number of nitrogens with one attached hydrogen (secondary N) is 1. The molecule has 1 amide bonds. The van der Waals surface area contributed by atoms with Gasteiger partial charge in [-0.3, -0.25) is 9.59 Å². The lowest BCUT2D eigenvalue weighted by Gasteiger charge is -2.17. The number of aryl methyl sites for hydroxylation is 1. The number of rotatable bonds is 8. The van der Waals surface area contributed by atoms with Crippen LogP contribution in [0.25, 0.3) is 11.3 Å². The first-order valence-corrected chi connectivity index (χ1v) is 7.99. The van der Waals surface area contributed by atoms with Crippen molar-refractivity contribution in [2.75, 3.05) is 0 Å². The van der Waals surface area contributed by atoms with Crippen molar-refractivity contribution in [3.8, 4) is 11.3 Å². The smallest absolute Gasteiger partial charge is 0.308 e. The number of carboxylic acids is 1. The van der Waals surface area contributed by atoms with Gasteiger partial charge in [0.05, 0.1) is 12.1 Å². The Labute approximate surface area is 140 Å². The van der Waals surface area contributed by atoms with Gasteiger partial charge in [-0.25, -0.2) is 4.98 Å². The highest BCUT2D eigenvalue weighted by Gasteiger charge is 2.20. The Morgan fingerprint density at radius 3 is 2.62 bits per heavy atom. The maximum Gasteiger partial charge on any atom is 0.308 e. The van der Waals surface area contributed by atoms with Crippen molar-refractivity contribution in [3.63, 3.8) is 0 Å². The third-order valence-corrected chi connectivity index (χ3v) is 3.93. The van der Waals surface area contributed by atoms with E-state index >= 15 is 0 Å². The first-order valence-electron chi connectivity index (χ1n) is 7.99. The molecule has 6 nitrogen and oxygen atoms in total. The Bertz CT molecular complexity index is 681. The molecule has 1 aromatic heterocycles. The summed E-state index contributed by atoms with van der Waals surface area (Å²) >= 11 is 0. The molecule has 1 heterocycles. The van der Waals surface area contributed by atoms with Gasteiger partial charge in [-0.1, -0.05) is 30.3 Å². The van der Waals surface area contributed by atoms with E-state index in [2.05, 4.69) is 10.3 Å². The van der Waals surface area contributed by atoms with E-state index in [1.54, 1.807) is 20.0 Å². The van der Waals surface area contributed by atoms with Crippen LogP contribution < -0.4 is 5.32 Å². The summed E-state index contributed by atoms with van der Waals surface area (Å²) in [7, 11) is 0. The topological polar surface area (TPSA) is 92.4 Å². The first kappa shape index (κ1) is 17.7. The van der Waals surface area contributed by atoms with E-state index in [-0.39, 0.29) is 5.91 Å². The molecule has 2 aromatic rings. The van der Waals surface area contributed by atoms with Gasteiger partial charge in [-0.2, -0.15) is 0 Å². The van der Waals surface area contributed by atoms with Crippen molar-refractivity contribution >= 4 is 11.9 Å². The van der Waals surface area contributed by atoms with Gasteiger partial charge in [0.15, 0.2) is 11.7 Å². The van der Waals surface area contributed by atoms with Gasteiger partial charge in [-0.15, -0.1) is 0 Å². The maximum absolute atomic E-state index is 11.8. The number of nitrogens with zero attached hydrogens (tertiary/aromatic N) is 1. The lowest BCUT2D eigenvalue weighted by molar-refractivity contribution is -0.142. The van der Waals surface area contributed by atoms with Gasteiger partial charge in [0.1, 0.15) is 0 Å². The predicted molar refractivity (Wildman–Crippen MR) is 89.3 cm³/mol. The van der Waals surface area contributed by atoms with E-state index in [1.165, 1.54) is 0 Å². The largest absolute Gasteiger partial charge is 0.481 e. The molecule has 24 heavy (non-hydrogen) atoms. The second-order valence-corrected chi connectivity index (χ2v) is 5.82.